The second kappa shape index (κ2) is 5.00. The fourth-order valence-corrected chi connectivity index (χ4v) is 1.11. The molecule has 0 aliphatic rings. The molecule has 0 saturated heterocycles. The van der Waals surface area contributed by atoms with Crippen LogP contribution in [0.15, 0.2) is 24.3 Å². The minimum Gasteiger partial charge on any atom is -0.497 e. The first-order chi connectivity index (χ1) is 6.63. The van der Waals surface area contributed by atoms with Crippen molar-refractivity contribution in [1.29, 1.82) is 0 Å². The van der Waals surface area contributed by atoms with Gasteiger partial charge in [0.2, 0.25) is 0 Å². The van der Waals surface area contributed by atoms with Crippen molar-refractivity contribution in [3.05, 3.63) is 29.8 Å². The minimum absolute atomic E-state index is 0.280. The summed E-state index contributed by atoms with van der Waals surface area (Å²) < 4.78 is 9.92. The highest BCUT2D eigenvalue weighted by Gasteiger charge is 2.09. The van der Waals surface area contributed by atoms with Gasteiger partial charge in [-0.3, -0.25) is 0 Å². The maximum Gasteiger partial charge on any atom is 0.339 e. The summed E-state index contributed by atoms with van der Waals surface area (Å²) in [6.07, 6.45) is 0. The molecule has 0 spiro atoms. The first-order valence-electron chi connectivity index (χ1n) is 4.12. The predicted octanol–water partition coefficient (Wildman–Crippen LogP) is 2.59. The Morgan fingerprint density at radius 2 is 1.93 bits per heavy atom. The van der Waals surface area contributed by atoms with E-state index in [1.54, 1.807) is 38.3 Å². The Hall–Kier alpha value is -1.03. The summed E-state index contributed by atoms with van der Waals surface area (Å²) in [6.45, 7) is 1.74. The van der Waals surface area contributed by atoms with Gasteiger partial charge in [-0.1, -0.05) is 0 Å². The molecule has 1 aromatic rings. The molecular weight excluding hydrogens is 248 g/mol. The predicted molar refractivity (Wildman–Crippen MR) is 56.8 cm³/mol. The van der Waals surface area contributed by atoms with Crippen molar-refractivity contribution in [1.82, 2.24) is 0 Å². The molecule has 0 N–H and O–H groups in total. The van der Waals surface area contributed by atoms with E-state index in [1.165, 1.54) is 0 Å². The Morgan fingerprint density at radius 1 is 1.36 bits per heavy atom. The Bertz CT molecular complexity index is 306. The molecule has 0 amide bonds. The normalized spacial score (nSPS) is 11.9. The lowest BCUT2D eigenvalue weighted by atomic mass is 10.2. The minimum atomic E-state index is -0.350. The highest BCUT2D eigenvalue weighted by atomic mass is 79.9. The third-order valence-corrected chi connectivity index (χ3v) is 1.78. The smallest absolute Gasteiger partial charge is 0.339 e. The number of esters is 1. The summed E-state index contributed by atoms with van der Waals surface area (Å²) in [5.41, 5.74) is 0.511. The molecule has 76 valence electrons. The first kappa shape index (κ1) is 11.0. The molecule has 0 aromatic heterocycles. The van der Waals surface area contributed by atoms with Gasteiger partial charge in [0.15, 0.2) is 5.01 Å². The molecule has 0 aliphatic heterocycles. The zero-order valence-electron chi connectivity index (χ0n) is 7.99. The molecule has 3 nitrogen and oxygen atoms in total. The van der Waals surface area contributed by atoms with Gasteiger partial charge in [0.05, 0.1) is 12.7 Å². The molecule has 0 saturated carbocycles. The maximum atomic E-state index is 11.4. The zero-order valence-corrected chi connectivity index (χ0v) is 9.58. The molecule has 1 rings (SSSR count). The SMILES string of the molecule is COc1ccc(C(=O)OC(C)Br)cc1. The van der Waals surface area contributed by atoms with Crippen LogP contribution in [0.4, 0.5) is 0 Å². The number of hydrogen-bond acceptors (Lipinski definition) is 3. The molecule has 14 heavy (non-hydrogen) atoms. The van der Waals surface area contributed by atoms with Gasteiger partial charge >= 0.3 is 5.97 Å². The molecule has 1 aromatic carbocycles. The largest absolute Gasteiger partial charge is 0.497 e. The van der Waals surface area contributed by atoms with Crippen molar-refractivity contribution < 1.29 is 14.3 Å². The Balaban J connectivity index is 2.71. The van der Waals surface area contributed by atoms with Crippen molar-refractivity contribution >= 4 is 21.9 Å². The molecule has 0 bridgehead atoms. The highest BCUT2D eigenvalue weighted by Crippen LogP contribution is 2.13. The highest BCUT2D eigenvalue weighted by molar-refractivity contribution is 9.09. The average Bonchev–Trinajstić information content (AvgIpc) is 2.17. The van der Waals surface area contributed by atoms with E-state index < -0.39 is 0 Å². The standard InChI is InChI=1S/C10H11BrO3/c1-7(11)14-10(12)8-3-5-9(13-2)6-4-8/h3-7H,1-2H3. The summed E-state index contributed by atoms with van der Waals surface area (Å²) in [7, 11) is 1.58. The van der Waals surface area contributed by atoms with Crippen LogP contribution in [-0.2, 0) is 4.74 Å². The van der Waals surface area contributed by atoms with E-state index in [4.69, 9.17) is 9.47 Å². The number of halogens is 1. The molecule has 1 atom stereocenters. The number of benzene rings is 1. The van der Waals surface area contributed by atoms with Gasteiger partial charge < -0.3 is 9.47 Å². The number of alkyl halides is 1. The van der Waals surface area contributed by atoms with E-state index in [2.05, 4.69) is 15.9 Å². The number of rotatable bonds is 3. The summed E-state index contributed by atoms with van der Waals surface area (Å²) in [5.74, 6) is 0.366. The van der Waals surface area contributed by atoms with E-state index >= 15 is 0 Å². The quantitative estimate of drug-likeness (QED) is 0.618. The summed E-state index contributed by atoms with van der Waals surface area (Å²) >= 11 is 3.13. The van der Waals surface area contributed by atoms with E-state index in [1.807, 2.05) is 0 Å². The van der Waals surface area contributed by atoms with Crippen LogP contribution in [-0.4, -0.2) is 18.1 Å². The van der Waals surface area contributed by atoms with Crippen LogP contribution < -0.4 is 4.74 Å². The summed E-state index contributed by atoms with van der Waals surface area (Å²) in [5, 5.41) is -0.280. The maximum absolute atomic E-state index is 11.4. The van der Waals surface area contributed by atoms with Crippen LogP contribution in [0.2, 0.25) is 0 Å². The van der Waals surface area contributed by atoms with E-state index in [0.717, 1.165) is 0 Å². The number of methoxy groups -OCH3 is 1. The van der Waals surface area contributed by atoms with Crippen molar-refractivity contribution in [2.24, 2.45) is 0 Å². The van der Waals surface area contributed by atoms with Gasteiger partial charge in [0.25, 0.3) is 0 Å². The van der Waals surface area contributed by atoms with Gasteiger partial charge in [0.1, 0.15) is 5.75 Å². The lowest BCUT2D eigenvalue weighted by molar-refractivity contribution is 0.0490. The van der Waals surface area contributed by atoms with E-state index in [0.29, 0.717) is 11.3 Å². The van der Waals surface area contributed by atoms with Gasteiger partial charge in [-0.05, 0) is 47.1 Å². The van der Waals surface area contributed by atoms with Crippen LogP contribution in [0, 0.1) is 0 Å². The molecular formula is C10H11BrO3. The number of carbonyl (C=O) groups is 1. The molecule has 0 aliphatic carbocycles. The fourth-order valence-electron chi connectivity index (χ4n) is 0.943. The lowest BCUT2D eigenvalue weighted by Crippen LogP contribution is -2.09. The van der Waals surface area contributed by atoms with Crippen LogP contribution in [0.1, 0.15) is 17.3 Å². The Morgan fingerprint density at radius 3 is 2.36 bits per heavy atom. The second-order valence-electron chi connectivity index (χ2n) is 2.68. The van der Waals surface area contributed by atoms with Crippen LogP contribution >= 0.6 is 15.9 Å². The van der Waals surface area contributed by atoms with Crippen molar-refractivity contribution in [2.45, 2.75) is 11.9 Å². The zero-order chi connectivity index (χ0) is 10.6. The molecule has 0 radical (unpaired) electrons. The van der Waals surface area contributed by atoms with Crippen molar-refractivity contribution in [2.75, 3.05) is 7.11 Å². The van der Waals surface area contributed by atoms with Crippen LogP contribution in [0.3, 0.4) is 0 Å². The van der Waals surface area contributed by atoms with Gasteiger partial charge in [0, 0.05) is 0 Å². The lowest BCUT2D eigenvalue weighted by Gasteiger charge is -2.06. The van der Waals surface area contributed by atoms with Gasteiger partial charge in [-0.25, -0.2) is 4.79 Å². The molecule has 4 heteroatoms. The van der Waals surface area contributed by atoms with E-state index in [-0.39, 0.29) is 11.0 Å². The van der Waals surface area contributed by atoms with Crippen LogP contribution in [0.5, 0.6) is 5.75 Å². The van der Waals surface area contributed by atoms with Crippen molar-refractivity contribution in [3.63, 3.8) is 0 Å². The third-order valence-electron chi connectivity index (χ3n) is 1.60. The Labute approximate surface area is 91.1 Å². The first-order valence-corrected chi connectivity index (χ1v) is 5.04. The van der Waals surface area contributed by atoms with Gasteiger partial charge in [-0.2, -0.15) is 0 Å². The van der Waals surface area contributed by atoms with Crippen molar-refractivity contribution in [3.8, 4) is 5.75 Å². The number of hydrogen-bond donors (Lipinski definition) is 0. The number of carbonyl (C=O) groups excluding carboxylic acids is 1. The average molecular weight is 259 g/mol. The molecule has 0 fully saturated rings. The van der Waals surface area contributed by atoms with Crippen LogP contribution in [0.25, 0.3) is 0 Å². The molecule has 0 heterocycles. The fraction of sp³-hybridized carbons (Fsp3) is 0.300. The second-order valence-corrected chi connectivity index (χ2v) is 3.97. The monoisotopic (exact) mass is 258 g/mol. The summed E-state index contributed by atoms with van der Waals surface area (Å²) in [4.78, 5) is 11.4. The van der Waals surface area contributed by atoms with Gasteiger partial charge in [-0.15, -0.1) is 0 Å². The summed E-state index contributed by atoms with van der Waals surface area (Å²) in [6, 6.07) is 6.76. The van der Waals surface area contributed by atoms with E-state index in [9.17, 15) is 4.79 Å². The molecule has 1 unspecified atom stereocenters. The Kier molecular flexibility index (Phi) is 3.95. The topological polar surface area (TPSA) is 35.5 Å². The third kappa shape index (κ3) is 3.03. The number of ether oxygens (including phenoxy) is 2.